The van der Waals surface area contributed by atoms with E-state index in [1.807, 2.05) is 23.7 Å². The summed E-state index contributed by atoms with van der Waals surface area (Å²) in [6.45, 7) is 0. The molecule has 1 aliphatic carbocycles. The van der Waals surface area contributed by atoms with Gasteiger partial charge in [0.25, 0.3) is 0 Å². The molecule has 2 heterocycles. The highest BCUT2D eigenvalue weighted by atomic mass is 35.5. The second-order valence-corrected chi connectivity index (χ2v) is 6.04. The van der Waals surface area contributed by atoms with E-state index in [-0.39, 0.29) is 5.92 Å². The zero-order chi connectivity index (χ0) is 12.5. The number of rotatable bonds is 2. The highest BCUT2D eigenvalue weighted by molar-refractivity contribution is 7.10. The van der Waals surface area contributed by atoms with Crippen LogP contribution in [0.5, 0.6) is 0 Å². The zero-order valence-corrected chi connectivity index (χ0v) is 11.4. The topological polar surface area (TPSA) is 33.1 Å². The SMILES string of the molecule is OC(c1cc(Cl)cs1)C1CCCc2cccnc21. The summed E-state index contributed by atoms with van der Waals surface area (Å²) >= 11 is 7.44. The van der Waals surface area contributed by atoms with Gasteiger partial charge < -0.3 is 5.11 Å². The van der Waals surface area contributed by atoms with E-state index in [1.165, 1.54) is 16.9 Å². The monoisotopic (exact) mass is 279 g/mol. The molecule has 0 saturated carbocycles. The number of pyridine rings is 1. The molecule has 0 fully saturated rings. The minimum absolute atomic E-state index is 0.102. The third-order valence-electron chi connectivity index (χ3n) is 3.50. The maximum absolute atomic E-state index is 10.5. The van der Waals surface area contributed by atoms with Crippen LogP contribution >= 0.6 is 22.9 Å². The Morgan fingerprint density at radius 3 is 3.17 bits per heavy atom. The van der Waals surface area contributed by atoms with Gasteiger partial charge in [0.15, 0.2) is 0 Å². The molecule has 94 valence electrons. The largest absolute Gasteiger partial charge is 0.387 e. The van der Waals surface area contributed by atoms with E-state index in [2.05, 4.69) is 11.1 Å². The molecule has 2 aromatic heterocycles. The first-order valence-corrected chi connectivity index (χ1v) is 7.37. The lowest BCUT2D eigenvalue weighted by atomic mass is 9.83. The van der Waals surface area contributed by atoms with Crippen molar-refractivity contribution in [2.75, 3.05) is 0 Å². The van der Waals surface area contributed by atoms with Gasteiger partial charge in [-0.05, 0) is 37.0 Å². The molecule has 0 radical (unpaired) electrons. The van der Waals surface area contributed by atoms with Gasteiger partial charge in [-0.15, -0.1) is 11.3 Å². The van der Waals surface area contributed by atoms with Gasteiger partial charge in [-0.25, -0.2) is 0 Å². The van der Waals surface area contributed by atoms with Gasteiger partial charge in [0.2, 0.25) is 0 Å². The van der Waals surface area contributed by atoms with Gasteiger partial charge in [0.05, 0.1) is 11.1 Å². The Balaban J connectivity index is 1.94. The molecule has 1 aliphatic rings. The fraction of sp³-hybridized carbons (Fsp3) is 0.357. The average Bonchev–Trinajstić information content (AvgIpc) is 2.84. The Hall–Kier alpha value is -0.900. The number of aromatic nitrogens is 1. The van der Waals surface area contributed by atoms with Gasteiger partial charge in [-0.1, -0.05) is 17.7 Å². The van der Waals surface area contributed by atoms with Crippen LogP contribution in [0.4, 0.5) is 0 Å². The molecule has 0 aliphatic heterocycles. The maximum Gasteiger partial charge on any atom is 0.0965 e. The Bertz CT molecular complexity index is 554. The first kappa shape index (κ1) is 12.2. The molecule has 4 heteroatoms. The number of hydrogen-bond acceptors (Lipinski definition) is 3. The number of hydrogen-bond donors (Lipinski definition) is 1. The number of fused-ring (bicyclic) bond motifs is 1. The minimum atomic E-state index is -0.489. The molecule has 2 atom stereocenters. The highest BCUT2D eigenvalue weighted by Crippen LogP contribution is 2.41. The lowest BCUT2D eigenvalue weighted by Gasteiger charge is -2.27. The molecule has 0 amide bonds. The number of nitrogens with zero attached hydrogens (tertiary/aromatic N) is 1. The second-order valence-electron chi connectivity index (χ2n) is 4.66. The Kier molecular flexibility index (Phi) is 3.37. The van der Waals surface area contributed by atoms with Crippen LogP contribution in [0, 0.1) is 0 Å². The fourth-order valence-corrected chi connectivity index (χ4v) is 3.77. The van der Waals surface area contributed by atoms with Gasteiger partial charge in [-0.3, -0.25) is 4.98 Å². The number of aryl methyl sites for hydroxylation is 1. The number of aliphatic hydroxyl groups excluding tert-OH is 1. The number of aliphatic hydroxyl groups is 1. The number of thiophene rings is 1. The van der Waals surface area contributed by atoms with Gasteiger partial charge in [0, 0.05) is 28.1 Å². The van der Waals surface area contributed by atoms with Crippen LogP contribution in [-0.4, -0.2) is 10.1 Å². The summed E-state index contributed by atoms with van der Waals surface area (Å²) in [5.41, 5.74) is 2.33. The Labute approximate surface area is 115 Å². The van der Waals surface area contributed by atoms with Crippen molar-refractivity contribution in [3.63, 3.8) is 0 Å². The van der Waals surface area contributed by atoms with Crippen LogP contribution in [0.3, 0.4) is 0 Å². The van der Waals surface area contributed by atoms with Crippen molar-refractivity contribution in [2.45, 2.75) is 31.3 Å². The lowest BCUT2D eigenvalue weighted by Crippen LogP contribution is -2.17. The molecule has 2 unspecified atom stereocenters. The van der Waals surface area contributed by atoms with E-state index in [4.69, 9.17) is 11.6 Å². The van der Waals surface area contributed by atoms with E-state index >= 15 is 0 Å². The molecule has 0 aromatic carbocycles. The molecule has 2 aromatic rings. The average molecular weight is 280 g/mol. The molecule has 1 N–H and O–H groups in total. The van der Waals surface area contributed by atoms with Gasteiger partial charge in [0.1, 0.15) is 0 Å². The summed E-state index contributed by atoms with van der Waals surface area (Å²) in [5.74, 6) is 0.102. The first-order chi connectivity index (χ1) is 8.75. The molecular formula is C14H14ClNOS. The van der Waals surface area contributed by atoms with Crippen molar-refractivity contribution in [1.82, 2.24) is 4.98 Å². The second kappa shape index (κ2) is 5.00. The fourth-order valence-electron chi connectivity index (χ4n) is 2.63. The summed E-state index contributed by atoms with van der Waals surface area (Å²) in [7, 11) is 0. The molecule has 18 heavy (non-hydrogen) atoms. The van der Waals surface area contributed by atoms with E-state index < -0.39 is 6.10 Å². The summed E-state index contributed by atoms with van der Waals surface area (Å²) in [5, 5.41) is 13.1. The third kappa shape index (κ3) is 2.18. The van der Waals surface area contributed by atoms with E-state index in [0.717, 1.165) is 29.8 Å². The Morgan fingerprint density at radius 1 is 1.50 bits per heavy atom. The van der Waals surface area contributed by atoms with E-state index in [9.17, 15) is 5.11 Å². The summed E-state index contributed by atoms with van der Waals surface area (Å²) in [6, 6.07) is 5.94. The molecular weight excluding hydrogens is 266 g/mol. The quantitative estimate of drug-likeness (QED) is 0.903. The van der Waals surface area contributed by atoms with E-state index in [0.29, 0.717) is 5.02 Å². The van der Waals surface area contributed by atoms with Crippen molar-refractivity contribution in [3.8, 4) is 0 Å². The minimum Gasteiger partial charge on any atom is -0.387 e. The van der Waals surface area contributed by atoms with Crippen LogP contribution in [0.15, 0.2) is 29.8 Å². The van der Waals surface area contributed by atoms with Crippen molar-refractivity contribution < 1.29 is 5.11 Å². The first-order valence-electron chi connectivity index (χ1n) is 6.11. The standard InChI is InChI=1S/C14H14ClNOS/c15-10-7-12(18-8-10)14(17)11-5-1-3-9-4-2-6-16-13(9)11/h2,4,6-8,11,14,17H,1,3,5H2. The molecule has 3 rings (SSSR count). The van der Waals surface area contributed by atoms with Crippen molar-refractivity contribution >= 4 is 22.9 Å². The summed E-state index contributed by atoms with van der Waals surface area (Å²) < 4.78 is 0. The Morgan fingerprint density at radius 2 is 2.39 bits per heavy atom. The molecule has 2 nitrogen and oxygen atoms in total. The summed E-state index contributed by atoms with van der Waals surface area (Å²) in [6.07, 6.45) is 4.49. The van der Waals surface area contributed by atoms with Crippen molar-refractivity contribution in [2.24, 2.45) is 0 Å². The normalized spacial score (nSPS) is 20.4. The van der Waals surface area contributed by atoms with Gasteiger partial charge in [-0.2, -0.15) is 0 Å². The number of halogens is 1. The van der Waals surface area contributed by atoms with Crippen LogP contribution in [0.25, 0.3) is 0 Å². The predicted octanol–water partition coefficient (Wildman–Crippen LogP) is 3.95. The lowest BCUT2D eigenvalue weighted by molar-refractivity contribution is 0.137. The van der Waals surface area contributed by atoms with Crippen molar-refractivity contribution in [3.05, 3.63) is 50.9 Å². The smallest absolute Gasteiger partial charge is 0.0965 e. The van der Waals surface area contributed by atoms with Crippen LogP contribution in [-0.2, 0) is 6.42 Å². The van der Waals surface area contributed by atoms with Crippen LogP contribution in [0.1, 0.15) is 41.0 Å². The van der Waals surface area contributed by atoms with Gasteiger partial charge >= 0.3 is 0 Å². The predicted molar refractivity (Wildman–Crippen MR) is 74.2 cm³/mol. The molecule has 0 spiro atoms. The van der Waals surface area contributed by atoms with E-state index in [1.54, 1.807) is 0 Å². The van der Waals surface area contributed by atoms with Crippen molar-refractivity contribution in [1.29, 1.82) is 0 Å². The highest BCUT2D eigenvalue weighted by Gasteiger charge is 2.29. The third-order valence-corrected chi connectivity index (χ3v) is 4.85. The summed E-state index contributed by atoms with van der Waals surface area (Å²) in [4.78, 5) is 5.40. The molecule has 0 saturated heterocycles. The zero-order valence-electron chi connectivity index (χ0n) is 9.84. The van der Waals surface area contributed by atoms with Crippen LogP contribution < -0.4 is 0 Å². The molecule has 0 bridgehead atoms. The maximum atomic E-state index is 10.5. The van der Waals surface area contributed by atoms with Crippen LogP contribution in [0.2, 0.25) is 5.02 Å².